The molecule has 0 bridgehead atoms. The zero-order valence-corrected chi connectivity index (χ0v) is 8.55. The quantitative estimate of drug-likeness (QED) is 0.600. The van der Waals surface area contributed by atoms with Crippen molar-refractivity contribution in [2.75, 3.05) is 0 Å². The topological polar surface area (TPSA) is 17.3 Å². The minimum Gasteiger partial charge on any atom is -0.317 e. The molecular weight excluding hydrogens is 160 g/mol. The lowest BCUT2D eigenvalue weighted by Crippen LogP contribution is -1.99. The smallest absolute Gasteiger partial charge is 0.0669 e. The van der Waals surface area contributed by atoms with Crippen molar-refractivity contribution in [2.24, 2.45) is 0 Å². The van der Waals surface area contributed by atoms with E-state index in [9.17, 15) is 0 Å². The average Bonchev–Trinajstić information content (AvgIpc) is 2.44. The number of hydrogen-bond donors (Lipinski definition) is 0. The van der Waals surface area contributed by atoms with E-state index in [0.29, 0.717) is 0 Å². The fourth-order valence-corrected chi connectivity index (χ4v) is 1.72. The Morgan fingerprint density at radius 2 is 1.77 bits per heavy atom. The monoisotopic (exact) mass is 174 g/mol. The molecule has 2 aromatic heterocycles. The highest BCUT2D eigenvalue weighted by Gasteiger charge is 2.05. The molecule has 0 aliphatic rings. The first kappa shape index (κ1) is 8.30. The predicted octanol–water partition coefficient (Wildman–Crippen LogP) is 2.57. The van der Waals surface area contributed by atoms with Gasteiger partial charge in [0, 0.05) is 11.9 Å². The normalized spacial score (nSPS) is 11.1. The molecule has 0 aromatic carbocycles. The van der Waals surface area contributed by atoms with E-state index < -0.39 is 0 Å². The van der Waals surface area contributed by atoms with Gasteiger partial charge in [0.2, 0.25) is 0 Å². The first-order chi connectivity index (χ1) is 6.09. The molecule has 0 N–H and O–H groups in total. The Kier molecular flexibility index (Phi) is 1.65. The summed E-state index contributed by atoms with van der Waals surface area (Å²) >= 11 is 0. The Labute approximate surface area is 78.2 Å². The van der Waals surface area contributed by atoms with Crippen molar-refractivity contribution in [1.29, 1.82) is 0 Å². The van der Waals surface area contributed by atoms with Crippen LogP contribution in [0.1, 0.15) is 22.6 Å². The second-order valence-electron chi connectivity index (χ2n) is 3.64. The highest BCUT2D eigenvalue weighted by molar-refractivity contribution is 5.55. The van der Waals surface area contributed by atoms with Crippen LogP contribution in [0.15, 0.2) is 12.3 Å². The Hall–Kier alpha value is -1.31. The summed E-state index contributed by atoms with van der Waals surface area (Å²) in [5.41, 5.74) is 5.96. The number of rotatable bonds is 0. The maximum atomic E-state index is 4.49. The van der Waals surface area contributed by atoms with Crippen molar-refractivity contribution in [1.82, 2.24) is 9.38 Å². The van der Waals surface area contributed by atoms with Crippen LogP contribution >= 0.6 is 0 Å². The molecule has 2 heterocycles. The van der Waals surface area contributed by atoms with Gasteiger partial charge in [-0.2, -0.15) is 0 Å². The zero-order chi connectivity index (χ0) is 9.59. The summed E-state index contributed by atoms with van der Waals surface area (Å²) in [6.07, 6.45) is 2.16. The van der Waals surface area contributed by atoms with Gasteiger partial charge in [0.1, 0.15) is 0 Å². The van der Waals surface area contributed by atoms with Crippen LogP contribution in [0, 0.1) is 27.7 Å². The fraction of sp³-hybridized carbons (Fsp3) is 0.364. The summed E-state index contributed by atoms with van der Waals surface area (Å²) in [7, 11) is 0. The van der Waals surface area contributed by atoms with Crippen LogP contribution in [-0.4, -0.2) is 9.38 Å². The first-order valence-corrected chi connectivity index (χ1v) is 4.52. The maximum absolute atomic E-state index is 4.49. The highest BCUT2D eigenvalue weighted by atomic mass is 14.9. The Bertz CT molecular complexity index is 466. The largest absolute Gasteiger partial charge is 0.317 e. The molecule has 0 amide bonds. The third-order valence-electron chi connectivity index (χ3n) is 2.55. The SMILES string of the molecule is Cc1cc2c(C)nc(C)c(C)n2c1. The third kappa shape index (κ3) is 1.13. The molecule has 0 fully saturated rings. The van der Waals surface area contributed by atoms with Gasteiger partial charge in [-0.05, 0) is 39.3 Å². The summed E-state index contributed by atoms with van der Waals surface area (Å²) in [6.45, 7) is 8.33. The molecule has 0 aliphatic carbocycles. The molecule has 2 aromatic rings. The lowest BCUT2D eigenvalue weighted by molar-refractivity contribution is 0.976. The number of aromatic nitrogens is 2. The van der Waals surface area contributed by atoms with E-state index in [1.54, 1.807) is 0 Å². The summed E-state index contributed by atoms with van der Waals surface area (Å²) in [4.78, 5) is 4.49. The number of fused-ring (bicyclic) bond motifs is 1. The molecule has 0 radical (unpaired) electrons. The van der Waals surface area contributed by atoms with Crippen molar-refractivity contribution in [3.05, 3.63) is 34.9 Å². The van der Waals surface area contributed by atoms with Crippen LogP contribution in [0.2, 0.25) is 0 Å². The zero-order valence-electron chi connectivity index (χ0n) is 8.55. The van der Waals surface area contributed by atoms with E-state index in [-0.39, 0.29) is 0 Å². The Balaban J connectivity index is 2.95. The number of hydrogen-bond acceptors (Lipinski definition) is 1. The Morgan fingerprint density at radius 3 is 2.46 bits per heavy atom. The summed E-state index contributed by atoms with van der Waals surface area (Å²) in [6, 6.07) is 2.18. The lowest BCUT2D eigenvalue weighted by atomic mass is 10.3. The van der Waals surface area contributed by atoms with Gasteiger partial charge >= 0.3 is 0 Å². The van der Waals surface area contributed by atoms with Gasteiger partial charge in [-0.1, -0.05) is 0 Å². The minimum absolute atomic E-state index is 1.11. The van der Waals surface area contributed by atoms with Crippen molar-refractivity contribution < 1.29 is 0 Å². The van der Waals surface area contributed by atoms with E-state index in [0.717, 1.165) is 11.4 Å². The van der Waals surface area contributed by atoms with Gasteiger partial charge in [-0.3, -0.25) is 4.98 Å². The van der Waals surface area contributed by atoms with Gasteiger partial charge in [0.15, 0.2) is 0 Å². The molecule has 0 unspecified atom stereocenters. The molecule has 2 heteroatoms. The van der Waals surface area contributed by atoms with Gasteiger partial charge in [-0.25, -0.2) is 0 Å². The van der Waals surface area contributed by atoms with Crippen molar-refractivity contribution in [3.63, 3.8) is 0 Å². The Morgan fingerprint density at radius 1 is 1.08 bits per heavy atom. The first-order valence-electron chi connectivity index (χ1n) is 4.52. The van der Waals surface area contributed by atoms with E-state index in [1.807, 2.05) is 0 Å². The summed E-state index contributed by atoms with van der Waals surface area (Å²) in [5, 5.41) is 0. The molecule has 68 valence electrons. The van der Waals surface area contributed by atoms with Crippen LogP contribution in [0.3, 0.4) is 0 Å². The van der Waals surface area contributed by atoms with Gasteiger partial charge < -0.3 is 4.40 Å². The average molecular weight is 174 g/mol. The molecule has 2 nitrogen and oxygen atoms in total. The molecule has 0 aliphatic heterocycles. The van der Waals surface area contributed by atoms with Gasteiger partial charge in [0.25, 0.3) is 0 Å². The van der Waals surface area contributed by atoms with Crippen LogP contribution in [0.5, 0.6) is 0 Å². The number of nitrogens with zero attached hydrogens (tertiary/aromatic N) is 2. The highest BCUT2D eigenvalue weighted by Crippen LogP contribution is 2.16. The maximum Gasteiger partial charge on any atom is 0.0669 e. The number of aryl methyl sites for hydroxylation is 4. The molecule has 0 saturated heterocycles. The van der Waals surface area contributed by atoms with E-state index in [4.69, 9.17) is 0 Å². The van der Waals surface area contributed by atoms with E-state index in [1.165, 1.54) is 16.8 Å². The second-order valence-corrected chi connectivity index (χ2v) is 3.64. The van der Waals surface area contributed by atoms with E-state index in [2.05, 4.69) is 49.3 Å². The summed E-state index contributed by atoms with van der Waals surface area (Å²) in [5.74, 6) is 0. The standard InChI is InChI=1S/C11H14N2/c1-7-5-11-9(3)12-8(2)10(4)13(11)6-7/h5-6H,1-4H3. The molecule has 0 spiro atoms. The van der Waals surface area contributed by atoms with Crippen molar-refractivity contribution in [3.8, 4) is 0 Å². The van der Waals surface area contributed by atoms with Gasteiger partial charge in [-0.15, -0.1) is 0 Å². The lowest BCUT2D eigenvalue weighted by Gasteiger charge is -2.06. The second kappa shape index (κ2) is 2.59. The summed E-state index contributed by atoms with van der Waals surface area (Å²) < 4.78 is 2.22. The minimum atomic E-state index is 1.11. The third-order valence-corrected chi connectivity index (χ3v) is 2.55. The fourth-order valence-electron chi connectivity index (χ4n) is 1.72. The predicted molar refractivity (Wildman–Crippen MR) is 54.1 cm³/mol. The van der Waals surface area contributed by atoms with Crippen molar-refractivity contribution >= 4 is 5.52 Å². The molecular formula is C11H14N2. The van der Waals surface area contributed by atoms with Crippen LogP contribution in [-0.2, 0) is 0 Å². The van der Waals surface area contributed by atoms with Crippen LogP contribution in [0.25, 0.3) is 5.52 Å². The molecule has 2 rings (SSSR count). The molecule has 0 saturated carbocycles. The van der Waals surface area contributed by atoms with E-state index >= 15 is 0 Å². The van der Waals surface area contributed by atoms with Gasteiger partial charge in [0.05, 0.1) is 16.9 Å². The van der Waals surface area contributed by atoms with Crippen molar-refractivity contribution in [2.45, 2.75) is 27.7 Å². The molecule has 13 heavy (non-hydrogen) atoms. The molecule has 0 atom stereocenters. The van der Waals surface area contributed by atoms with Crippen LogP contribution in [0.4, 0.5) is 0 Å². The van der Waals surface area contributed by atoms with Crippen LogP contribution < -0.4 is 0 Å².